The van der Waals surface area contributed by atoms with E-state index in [1.807, 2.05) is 24.3 Å². The second kappa shape index (κ2) is 9.50. The molecule has 0 fully saturated rings. The Hall–Kier alpha value is -3.89. The number of amides is 1. The Balaban J connectivity index is 1.30. The molecule has 3 aromatic rings. The van der Waals surface area contributed by atoms with Crippen molar-refractivity contribution in [3.63, 3.8) is 0 Å². The lowest BCUT2D eigenvalue weighted by atomic mass is 9.98. The van der Waals surface area contributed by atoms with Gasteiger partial charge in [-0.3, -0.25) is 15.1 Å². The van der Waals surface area contributed by atoms with Crippen molar-refractivity contribution < 1.29 is 14.5 Å². The first-order valence-corrected chi connectivity index (χ1v) is 10.3. The fourth-order valence-corrected chi connectivity index (χ4v) is 3.90. The number of nitro groups is 1. The number of carbonyl (C=O) groups excluding carboxylic acids is 1. The van der Waals surface area contributed by atoms with Crippen molar-refractivity contribution in [2.45, 2.75) is 12.3 Å². The van der Waals surface area contributed by atoms with E-state index in [0.29, 0.717) is 6.42 Å². The Labute approximate surface area is 189 Å². The highest BCUT2D eigenvalue weighted by Crippen LogP contribution is 2.44. The monoisotopic (exact) mass is 447 g/mol. The van der Waals surface area contributed by atoms with Crippen molar-refractivity contribution in [3.8, 4) is 23.0 Å². The molecule has 0 saturated heterocycles. The molecule has 1 aromatic heterocycles. The van der Waals surface area contributed by atoms with E-state index in [1.165, 1.54) is 17.3 Å². The average molecular weight is 448 g/mol. The smallest absolute Gasteiger partial charge is 0.407 e. The number of alkyl carbamates (subject to hydrolysis) is 1. The molecule has 0 spiro atoms. The van der Waals surface area contributed by atoms with Gasteiger partial charge in [0.2, 0.25) is 0 Å². The Kier molecular flexibility index (Phi) is 6.34. The summed E-state index contributed by atoms with van der Waals surface area (Å²) < 4.78 is 5.46. The van der Waals surface area contributed by atoms with Crippen LogP contribution >= 0.6 is 11.6 Å². The highest BCUT2D eigenvalue weighted by atomic mass is 35.5. The molecule has 1 heterocycles. The third kappa shape index (κ3) is 4.41. The fourth-order valence-electron chi connectivity index (χ4n) is 3.68. The Morgan fingerprint density at radius 3 is 2.44 bits per heavy atom. The van der Waals surface area contributed by atoms with Gasteiger partial charge in [-0.2, -0.15) is 0 Å². The summed E-state index contributed by atoms with van der Waals surface area (Å²) in [5.41, 5.74) is 4.60. The molecule has 160 valence electrons. The van der Waals surface area contributed by atoms with E-state index in [4.69, 9.17) is 16.3 Å². The van der Waals surface area contributed by atoms with Gasteiger partial charge in [-0.05, 0) is 22.3 Å². The van der Waals surface area contributed by atoms with Crippen molar-refractivity contribution in [3.05, 3.63) is 92.8 Å². The van der Waals surface area contributed by atoms with Crippen LogP contribution in [0.25, 0.3) is 11.1 Å². The van der Waals surface area contributed by atoms with Crippen molar-refractivity contribution >= 4 is 23.4 Å². The summed E-state index contributed by atoms with van der Waals surface area (Å²) in [4.78, 5) is 26.2. The molecular formula is C24H18ClN3O4. The van der Waals surface area contributed by atoms with Crippen molar-refractivity contribution in [2.24, 2.45) is 0 Å². The predicted octanol–water partition coefficient (Wildman–Crippen LogP) is 4.92. The Morgan fingerprint density at radius 1 is 1.12 bits per heavy atom. The molecule has 7 nitrogen and oxygen atoms in total. The molecule has 1 amide bonds. The lowest BCUT2D eigenvalue weighted by molar-refractivity contribution is -0.385. The minimum Gasteiger partial charge on any atom is -0.449 e. The molecular weight excluding hydrogens is 430 g/mol. The van der Waals surface area contributed by atoms with Crippen molar-refractivity contribution in [2.75, 3.05) is 13.2 Å². The first-order chi connectivity index (χ1) is 15.6. The fraction of sp³-hybridized carbons (Fsp3) is 0.167. The lowest BCUT2D eigenvalue weighted by Gasteiger charge is -2.14. The van der Waals surface area contributed by atoms with E-state index >= 15 is 0 Å². The largest absolute Gasteiger partial charge is 0.449 e. The Bertz CT molecular complexity index is 1200. The van der Waals surface area contributed by atoms with Gasteiger partial charge in [-0.1, -0.05) is 72.0 Å². The summed E-state index contributed by atoms with van der Waals surface area (Å²) in [5.74, 6) is 5.56. The zero-order chi connectivity index (χ0) is 22.5. The van der Waals surface area contributed by atoms with Gasteiger partial charge in [0.25, 0.3) is 0 Å². The topological polar surface area (TPSA) is 94.4 Å². The summed E-state index contributed by atoms with van der Waals surface area (Å²) in [5, 5.41) is 13.5. The quantitative estimate of drug-likeness (QED) is 0.259. The summed E-state index contributed by atoms with van der Waals surface area (Å²) in [7, 11) is 0. The molecule has 8 heteroatoms. The van der Waals surface area contributed by atoms with Crippen LogP contribution in [0.1, 0.15) is 29.0 Å². The number of benzene rings is 2. The highest BCUT2D eigenvalue weighted by Gasteiger charge is 2.28. The zero-order valence-electron chi connectivity index (χ0n) is 16.9. The number of rotatable bonds is 5. The number of nitrogens with zero attached hydrogens (tertiary/aromatic N) is 2. The molecule has 0 unspecified atom stereocenters. The Morgan fingerprint density at radius 2 is 1.78 bits per heavy atom. The molecule has 2 aromatic carbocycles. The summed E-state index contributed by atoms with van der Waals surface area (Å²) in [6.45, 7) is 0.504. The maximum Gasteiger partial charge on any atom is 0.407 e. The molecule has 0 atom stereocenters. The standard InChI is InChI=1S/C24H18ClN3O4/c25-23-16(13-26-14-22(23)28(30)31)7-5-6-12-27-24(29)32-15-21-19-10-3-1-8-17(19)18-9-2-4-11-20(18)21/h1-4,8-11,13-14,21H,6,12,15H2,(H,27,29). The van der Waals surface area contributed by atoms with Gasteiger partial charge >= 0.3 is 11.8 Å². The molecule has 0 radical (unpaired) electrons. The first kappa shape index (κ1) is 21.3. The van der Waals surface area contributed by atoms with Gasteiger partial charge in [0.1, 0.15) is 17.8 Å². The minimum absolute atomic E-state index is 0.00328. The SMILES string of the molecule is O=C(NCCC#Cc1cncc([N+](=O)[O-])c1Cl)OCC1c2ccccc2-c2ccccc21. The van der Waals surface area contributed by atoms with E-state index in [0.717, 1.165) is 17.3 Å². The van der Waals surface area contributed by atoms with Gasteiger partial charge in [0.15, 0.2) is 0 Å². The number of carbonyl (C=O) groups is 1. The molecule has 1 N–H and O–H groups in total. The maximum absolute atomic E-state index is 12.1. The number of fused-ring (bicyclic) bond motifs is 3. The van der Waals surface area contributed by atoms with Crippen LogP contribution in [0, 0.1) is 22.0 Å². The number of hydrogen-bond donors (Lipinski definition) is 1. The number of pyridine rings is 1. The number of ether oxygens (including phenoxy) is 1. The third-order valence-corrected chi connectivity index (χ3v) is 5.54. The van der Waals surface area contributed by atoms with Gasteiger partial charge in [0.05, 0.1) is 10.5 Å². The molecule has 1 aliphatic carbocycles. The minimum atomic E-state index is -0.612. The van der Waals surface area contributed by atoms with Crippen molar-refractivity contribution in [1.29, 1.82) is 0 Å². The zero-order valence-corrected chi connectivity index (χ0v) is 17.6. The van der Waals surface area contributed by atoms with Crippen LogP contribution < -0.4 is 5.32 Å². The van der Waals surface area contributed by atoms with E-state index < -0.39 is 11.0 Å². The van der Waals surface area contributed by atoms with E-state index in [2.05, 4.69) is 46.4 Å². The van der Waals surface area contributed by atoms with Crippen LogP contribution in [0.5, 0.6) is 0 Å². The van der Waals surface area contributed by atoms with Crippen LogP contribution in [0.3, 0.4) is 0 Å². The third-order valence-electron chi connectivity index (χ3n) is 5.14. The van der Waals surface area contributed by atoms with E-state index in [-0.39, 0.29) is 35.3 Å². The second-order valence-corrected chi connectivity index (χ2v) is 7.46. The normalized spacial score (nSPS) is 11.7. The molecule has 0 aliphatic heterocycles. The molecule has 32 heavy (non-hydrogen) atoms. The van der Waals surface area contributed by atoms with Crippen LogP contribution in [-0.4, -0.2) is 29.2 Å². The second-order valence-electron chi connectivity index (χ2n) is 7.08. The first-order valence-electron chi connectivity index (χ1n) is 9.92. The maximum atomic E-state index is 12.1. The predicted molar refractivity (Wildman–Crippen MR) is 120 cm³/mol. The number of hydrogen-bond acceptors (Lipinski definition) is 5. The highest BCUT2D eigenvalue weighted by molar-refractivity contribution is 6.33. The van der Waals surface area contributed by atoms with Crippen LogP contribution in [0.2, 0.25) is 5.02 Å². The van der Waals surface area contributed by atoms with Crippen LogP contribution in [-0.2, 0) is 4.74 Å². The lowest BCUT2D eigenvalue weighted by Crippen LogP contribution is -2.26. The van der Waals surface area contributed by atoms with Gasteiger partial charge in [0, 0.05) is 25.1 Å². The molecule has 0 bridgehead atoms. The van der Waals surface area contributed by atoms with Gasteiger partial charge < -0.3 is 10.1 Å². The number of halogens is 1. The van der Waals surface area contributed by atoms with Gasteiger partial charge in [-0.15, -0.1) is 0 Å². The molecule has 4 rings (SSSR count). The van der Waals surface area contributed by atoms with Crippen molar-refractivity contribution in [1.82, 2.24) is 10.3 Å². The average Bonchev–Trinajstić information content (AvgIpc) is 3.12. The molecule has 0 saturated carbocycles. The summed E-state index contributed by atoms with van der Waals surface area (Å²) in [6.07, 6.45) is 2.24. The number of aromatic nitrogens is 1. The summed E-state index contributed by atoms with van der Waals surface area (Å²) >= 11 is 5.97. The van der Waals surface area contributed by atoms with Gasteiger partial charge in [-0.25, -0.2) is 4.79 Å². The molecule has 1 aliphatic rings. The van der Waals surface area contributed by atoms with Crippen LogP contribution in [0.15, 0.2) is 60.9 Å². The number of nitrogens with one attached hydrogen (secondary N) is 1. The van der Waals surface area contributed by atoms with E-state index in [9.17, 15) is 14.9 Å². The van der Waals surface area contributed by atoms with E-state index in [1.54, 1.807) is 0 Å². The summed E-state index contributed by atoms with van der Waals surface area (Å²) in [6, 6.07) is 16.3. The van der Waals surface area contributed by atoms with Crippen LogP contribution in [0.4, 0.5) is 10.5 Å².